The van der Waals surface area contributed by atoms with Gasteiger partial charge < -0.3 is 4.98 Å². The number of rotatable bonds is 1. The zero-order valence-corrected chi connectivity index (χ0v) is 8.99. The van der Waals surface area contributed by atoms with Gasteiger partial charge in [0.05, 0.1) is 16.1 Å². The molecule has 0 aliphatic carbocycles. The SMILES string of the molecule is O=S(=O)(Cl)c1cc2ncc(Cl)cc2[nH]1. The number of hydrogen-bond acceptors (Lipinski definition) is 3. The molecule has 0 unspecified atom stereocenters. The first-order valence-electron chi connectivity index (χ1n) is 3.56. The van der Waals surface area contributed by atoms with Crippen LogP contribution in [0.1, 0.15) is 0 Å². The van der Waals surface area contributed by atoms with Crippen LogP contribution in [0.3, 0.4) is 0 Å². The molecule has 0 aliphatic rings. The Labute approximate surface area is 89.3 Å². The van der Waals surface area contributed by atoms with Crippen molar-refractivity contribution in [3.63, 3.8) is 0 Å². The van der Waals surface area contributed by atoms with Gasteiger partial charge in [0.15, 0.2) is 5.03 Å². The molecule has 2 aromatic rings. The van der Waals surface area contributed by atoms with Crippen molar-refractivity contribution < 1.29 is 8.42 Å². The average molecular weight is 251 g/mol. The van der Waals surface area contributed by atoms with Crippen molar-refractivity contribution in [1.82, 2.24) is 9.97 Å². The smallest absolute Gasteiger partial charge is 0.276 e. The minimum absolute atomic E-state index is 0.0797. The summed E-state index contributed by atoms with van der Waals surface area (Å²) >= 11 is 5.68. The van der Waals surface area contributed by atoms with Gasteiger partial charge in [0.1, 0.15) is 0 Å². The highest BCUT2D eigenvalue weighted by atomic mass is 35.7. The molecule has 2 rings (SSSR count). The summed E-state index contributed by atoms with van der Waals surface area (Å²) < 4.78 is 21.9. The minimum atomic E-state index is -3.74. The minimum Gasteiger partial charge on any atom is -0.343 e. The molecule has 0 fully saturated rings. The lowest BCUT2D eigenvalue weighted by Gasteiger charge is -1.88. The summed E-state index contributed by atoms with van der Waals surface area (Å²) in [5.41, 5.74) is 1.05. The van der Waals surface area contributed by atoms with Gasteiger partial charge in [0, 0.05) is 22.9 Å². The predicted molar refractivity (Wildman–Crippen MR) is 54.1 cm³/mol. The molecular weight excluding hydrogens is 247 g/mol. The molecule has 0 atom stereocenters. The van der Waals surface area contributed by atoms with Crippen molar-refractivity contribution >= 4 is 42.4 Å². The fourth-order valence-electron chi connectivity index (χ4n) is 1.09. The number of halogens is 2. The third kappa shape index (κ3) is 1.70. The van der Waals surface area contributed by atoms with Crippen LogP contribution in [0, 0.1) is 0 Å². The third-order valence-corrected chi connectivity index (χ3v) is 3.12. The van der Waals surface area contributed by atoms with E-state index in [-0.39, 0.29) is 5.03 Å². The summed E-state index contributed by atoms with van der Waals surface area (Å²) in [5.74, 6) is 0. The maximum absolute atomic E-state index is 11.0. The second-order valence-corrected chi connectivity index (χ2v) is 5.63. The van der Waals surface area contributed by atoms with Crippen molar-refractivity contribution in [2.45, 2.75) is 5.03 Å². The van der Waals surface area contributed by atoms with E-state index in [1.807, 2.05) is 0 Å². The van der Waals surface area contributed by atoms with Crippen molar-refractivity contribution in [3.8, 4) is 0 Å². The Balaban J connectivity index is 2.75. The number of nitrogens with one attached hydrogen (secondary N) is 1. The summed E-state index contributed by atoms with van der Waals surface area (Å²) in [6.07, 6.45) is 1.43. The van der Waals surface area contributed by atoms with Gasteiger partial charge in [-0.25, -0.2) is 8.42 Å². The fraction of sp³-hybridized carbons (Fsp3) is 0. The Morgan fingerprint density at radius 3 is 2.71 bits per heavy atom. The molecule has 0 aromatic carbocycles. The van der Waals surface area contributed by atoms with Crippen LogP contribution in [-0.2, 0) is 9.05 Å². The van der Waals surface area contributed by atoms with Crippen LogP contribution in [0.5, 0.6) is 0 Å². The maximum atomic E-state index is 11.0. The Morgan fingerprint density at radius 1 is 1.36 bits per heavy atom. The van der Waals surface area contributed by atoms with Gasteiger partial charge in [-0.15, -0.1) is 0 Å². The first-order chi connectivity index (χ1) is 6.47. The first-order valence-corrected chi connectivity index (χ1v) is 6.24. The van der Waals surface area contributed by atoms with Crippen LogP contribution in [0.15, 0.2) is 23.4 Å². The van der Waals surface area contributed by atoms with Crippen molar-refractivity contribution in [2.75, 3.05) is 0 Å². The van der Waals surface area contributed by atoms with Gasteiger partial charge in [0.25, 0.3) is 9.05 Å². The van der Waals surface area contributed by atoms with Crippen LogP contribution in [-0.4, -0.2) is 18.4 Å². The lowest BCUT2D eigenvalue weighted by molar-refractivity contribution is 0.607. The number of fused-ring (bicyclic) bond motifs is 1. The van der Waals surface area contributed by atoms with Gasteiger partial charge in [-0.3, -0.25) is 4.98 Å². The molecule has 0 spiro atoms. The van der Waals surface area contributed by atoms with E-state index in [1.54, 1.807) is 6.07 Å². The molecule has 14 heavy (non-hydrogen) atoms. The van der Waals surface area contributed by atoms with E-state index in [1.165, 1.54) is 12.3 Å². The quantitative estimate of drug-likeness (QED) is 0.790. The number of H-pyrrole nitrogens is 1. The standard InChI is InChI=1S/C7H4Cl2N2O2S/c8-4-1-6-5(10-3-4)2-7(11-6)14(9,12)13/h1-3,11H. The average Bonchev–Trinajstić information content (AvgIpc) is 2.45. The second-order valence-electron chi connectivity index (χ2n) is 2.66. The highest BCUT2D eigenvalue weighted by molar-refractivity contribution is 8.13. The lowest BCUT2D eigenvalue weighted by Crippen LogP contribution is -1.88. The normalized spacial score (nSPS) is 12.1. The lowest BCUT2D eigenvalue weighted by atomic mass is 10.4. The van der Waals surface area contributed by atoms with E-state index in [0.717, 1.165) is 0 Å². The summed E-state index contributed by atoms with van der Waals surface area (Å²) in [6, 6.07) is 2.93. The van der Waals surface area contributed by atoms with E-state index in [9.17, 15) is 8.42 Å². The maximum Gasteiger partial charge on any atom is 0.276 e. The van der Waals surface area contributed by atoms with Gasteiger partial charge in [-0.2, -0.15) is 0 Å². The van der Waals surface area contributed by atoms with E-state index in [0.29, 0.717) is 16.1 Å². The van der Waals surface area contributed by atoms with Crippen LogP contribution >= 0.6 is 22.3 Å². The fourth-order valence-corrected chi connectivity index (χ4v) is 1.98. The Kier molecular flexibility index (Phi) is 2.17. The molecule has 4 nitrogen and oxygen atoms in total. The van der Waals surface area contributed by atoms with Crippen LogP contribution in [0.25, 0.3) is 11.0 Å². The van der Waals surface area contributed by atoms with E-state index >= 15 is 0 Å². The number of aromatic nitrogens is 2. The molecule has 0 saturated carbocycles. The Hall–Kier alpha value is -0.780. The molecule has 0 aliphatic heterocycles. The largest absolute Gasteiger partial charge is 0.343 e. The molecule has 74 valence electrons. The van der Waals surface area contributed by atoms with Gasteiger partial charge in [0.2, 0.25) is 0 Å². The molecule has 1 N–H and O–H groups in total. The monoisotopic (exact) mass is 250 g/mol. The summed E-state index contributed by atoms with van der Waals surface area (Å²) in [4.78, 5) is 6.54. The number of nitrogens with zero attached hydrogens (tertiary/aromatic N) is 1. The molecule has 7 heteroatoms. The summed E-state index contributed by atoms with van der Waals surface area (Å²) in [7, 11) is 1.41. The molecule has 0 saturated heterocycles. The predicted octanol–water partition coefficient (Wildman–Crippen LogP) is 2.14. The highest BCUT2D eigenvalue weighted by Gasteiger charge is 2.13. The summed E-state index contributed by atoms with van der Waals surface area (Å²) in [6.45, 7) is 0. The Bertz CT molecular complexity index is 591. The zero-order valence-electron chi connectivity index (χ0n) is 6.66. The van der Waals surface area contributed by atoms with Crippen LogP contribution in [0.4, 0.5) is 0 Å². The Morgan fingerprint density at radius 2 is 2.07 bits per heavy atom. The molecule has 0 radical (unpaired) electrons. The van der Waals surface area contributed by atoms with Gasteiger partial charge in [-0.05, 0) is 6.07 Å². The van der Waals surface area contributed by atoms with Crippen molar-refractivity contribution in [2.24, 2.45) is 0 Å². The number of hydrogen-bond donors (Lipinski definition) is 1. The van der Waals surface area contributed by atoms with Gasteiger partial charge >= 0.3 is 0 Å². The molecule has 0 amide bonds. The first kappa shape index (κ1) is 9.76. The molecular formula is C7H4Cl2N2O2S. The zero-order chi connectivity index (χ0) is 10.3. The number of aromatic amines is 1. The van der Waals surface area contributed by atoms with Crippen molar-refractivity contribution in [3.05, 3.63) is 23.4 Å². The number of pyridine rings is 1. The molecule has 0 bridgehead atoms. The van der Waals surface area contributed by atoms with Gasteiger partial charge in [-0.1, -0.05) is 11.6 Å². The topological polar surface area (TPSA) is 62.8 Å². The van der Waals surface area contributed by atoms with Crippen LogP contribution in [0.2, 0.25) is 5.02 Å². The van der Waals surface area contributed by atoms with E-state index < -0.39 is 9.05 Å². The van der Waals surface area contributed by atoms with Crippen molar-refractivity contribution in [1.29, 1.82) is 0 Å². The van der Waals surface area contributed by atoms with Crippen LogP contribution < -0.4 is 0 Å². The third-order valence-electron chi connectivity index (χ3n) is 1.67. The summed E-state index contributed by atoms with van der Waals surface area (Å²) in [5, 5.41) is 0.349. The van der Waals surface area contributed by atoms with E-state index in [2.05, 4.69) is 9.97 Å². The highest BCUT2D eigenvalue weighted by Crippen LogP contribution is 2.21. The molecule has 2 heterocycles. The molecule has 2 aromatic heterocycles. The second kappa shape index (κ2) is 3.12. The van der Waals surface area contributed by atoms with E-state index in [4.69, 9.17) is 22.3 Å².